The molecule has 34 heavy (non-hydrogen) atoms. The molecule has 172 valence electrons. The number of halogens is 1. The first kappa shape index (κ1) is 23.3. The van der Waals surface area contributed by atoms with Gasteiger partial charge in [-0.05, 0) is 73.2 Å². The summed E-state index contributed by atoms with van der Waals surface area (Å²) in [5.74, 6) is -0.0540. The molecule has 0 saturated carbocycles. The third-order valence-electron chi connectivity index (χ3n) is 5.02. The van der Waals surface area contributed by atoms with Gasteiger partial charge in [-0.1, -0.05) is 29.8 Å². The molecule has 7 nitrogen and oxygen atoms in total. The largest absolute Gasteiger partial charge is 0.495 e. The Bertz CT molecular complexity index is 1380. The van der Waals surface area contributed by atoms with Crippen LogP contribution >= 0.6 is 23.8 Å². The van der Waals surface area contributed by atoms with Crippen LogP contribution in [0.2, 0.25) is 5.02 Å². The van der Waals surface area contributed by atoms with Crippen LogP contribution in [0.3, 0.4) is 0 Å². The number of ether oxygens (including phenoxy) is 1. The van der Waals surface area contributed by atoms with Crippen LogP contribution in [0.5, 0.6) is 5.75 Å². The van der Waals surface area contributed by atoms with Gasteiger partial charge in [0, 0.05) is 22.3 Å². The van der Waals surface area contributed by atoms with E-state index >= 15 is 0 Å². The van der Waals surface area contributed by atoms with E-state index in [4.69, 9.17) is 33.0 Å². The highest BCUT2D eigenvalue weighted by atomic mass is 35.5. The molecule has 0 saturated heterocycles. The number of rotatable bonds is 5. The summed E-state index contributed by atoms with van der Waals surface area (Å²) in [6.07, 6.45) is 0. The Labute approximate surface area is 206 Å². The topological polar surface area (TPSA) is 92.6 Å². The second-order valence-corrected chi connectivity index (χ2v) is 8.21. The van der Waals surface area contributed by atoms with Gasteiger partial charge in [0.2, 0.25) is 0 Å². The van der Waals surface area contributed by atoms with Crippen molar-refractivity contribution >= 4 is 63.1 Å². The second-order valence-electron chi connectivity index (χ2n) is 7.39. The Balaban J connectivity index is 1.38. The zero-order chi connectivity index (χ0) is 24.2. The molecule has 0 unspecified atom stereocenters. The number of thiocarbonyl (C=S) groups is 1. The molecular formula is C25H20ClN3O4S. The Hall–Kier alpha value is -3.88. The van der Waals surface area contributed by atoms with Crippen molar-refractivity contribution in [3.8, 4) is 5.75 Å². The fourth-order valence-corrected chi connectivity index (χ4v) is 3.77. The highest BCUT2D eigenvalue weighted by molar-refractivity contribution is 7.80. The Kier molecular flexibility index (Phi) is 6.81. The van der Waals surface area contributed by atoms with Crippen molar-refractivity contribution in [2.45, 2.75) is 6.92 Å². The molecule has 2 amide bonds. The number of hydrogen-bond acceptors (Lipinski definition) is 5. The summed E-state index contributed by atoms with van der Waals surface area (Å²) in [5.41, 5.74) is 3.06. The number of nitrogens with one attached hydrogen (secondary N) is 3. The fraction of sp³-hybridized carbons (Fsp3) is 0.0800. The zero-order valence-electron chi connectivity index (χ0n) is 18.3. The Morgan fingerprint density at radius 2 is 1.76 bits per heavy atom. The number of amides is 2. The highest BCUT2D eigenvalue weighted by Crippen LogP contribution is 2.25. The lowest BCUT2D eigenvalue weighted by Gasteiger charge is -2.13. The van der Waals surface area contributed by atoms with Crippen LogP contribution in [-0.4, -0.2) is 24.0 Å². The predicted molar refractivity (Wildman–Crippen MR) is 137 cm³/mol. The van der Waals surface area contributed by atoms with Crippen molar-refractivity contribution < 1.29 is 18.7 Å². The average Bonchev–Trinajstić information content (AvgIpc) is 3.25. The number of carbonyl (C=O) groups is 2. The summed E-state index contributed by atoms with van der Waals surface area (Å²) in [6, 6.07) is 19.1. The molecule has 0 spiro atoms. The minimum atomic E-state index is -0.409. The predicted octanol–water partition coefficient (Wildman–Crippen LogP) is 5.78. The fourth-order valence-electron chi connectivity index (χ4n) is 3.30. The van der Waals surface area contributed by atoms with Crippen molar-refractivity contribution in [2.24, 2.45) is 0 Å². The van der Waals surface area contributed by atoms with E-state index in [1.807, 2.05) is 31.2 Å². The second kappa shape index (κ2) is 9.94. The van der Waals surface area contributed by atoms with E-state index in [2.05, 4.69) is 16.0 Å². The first-order valence-corrected chi connectivity index (χ1v) is 11.0. The van der Waals surface area contributed by atoms with Gasteiger partial charge in [0.15, 0.2) is 10.9 Å². The van der Waals surface area contributed by atoms with Crippen LogP contribution in [0, 0.1) is 6.92 Å². The number of aryl methyl sites for hydroxylation is 1. The zero-order valence-corrected chi connectivity index (χ0v) is 19.8. The minimum absolute atomic E-state index is 0.121. The maximum Gasteiger partial charge on any atom is 0.291 e. The standard InChI is InChI=1S/C25H20ClN3O4S/c1-14-11-17(27-25(34)29-23(30)16-7-10-21(32-2)18(26)12-16)8-9-19(14)28-24(31)22-13-15-5-3-4-6-20(15)33-22/h3-13H,1-2H3,(H,28,31)(H2,27,29,30,34). The van der Waals surface area contributed by atoms with Crippen molar-refractivity contribution in [3.63, 3.8) is 0 Å². The van der Waals surface area contributed by atoms with Crippen LogP contribution in [0.15, 0.2) is 71.1 Å². The van der Waals surface area contributed by atoms with Crippen molar-refractivity contribution in [1.82, 2.24) is 5.32 Å². The Morgan fingerprint density at radius 3 is 2.47 bits per heavy atom. The van der Waals surface area contributed by atoms with Crippen LogP contribution < -0.4 is 20.7 Å². The van der Waals surface area contributed by atoms with Crippen molar-refractivity contribution in [1.29, 1.82) is 0 Å². The van der Waals surface area contributed by atoms with Crippen LogP contribution in [0.1, 0.15) is 26.5 Å². The molecule has 0 aliphatic carbocycles. The summed E-state index contributed by atoms with van der Waals surface area (Å²) in [5, 5.41) is 9.72. The van der Waals surface area contributed by atoms with Gasteiger partial charge < -0.3 is 19.8 Å². The van der Waals surface area contributed by atoms with Crippen molar-refractivity contribution in [2.75, 3.05) is 17.7 Å². The quantitative estimate of drug-likeness (QED) is 0.305. The number of fused-ring (bicyclic) bond motifs is 1. The summed E-state index contributed by atoms with van der Waals surface area (Å²) in [4.78, 5) is 25.1. The lowest BCUT2D eigenvalue weighted by Crippen LogP contribution is -2.34. The first-order valence-electron chi connectivity index (χ1n) is 10.2. The molecule has 4 rings (SSSR count). The van der Waals surface area contributed by atoms with E-state index in [0.717, 1.165) is 10.9 Å². The van der Waals surface area contributed by atoms with E-state index in [1.54, 1.807) is 36.4 Å². The van der Waals surface area contributed by atoms with Crippen LogP contribution in [0.4, 0.5) is 11.4 Å². The number of para-hydroxylation sites is 1. The molecule has 0 bridgehead atoms. The van der Waals surface area contributed by atoms with E-state index in [-0.39, 0.29) is 16.8 Å². The Morgan fingerprint density at radius 1 is 0.971 bits per heavy atom. The van der Waals surface area contributed by atoms with Crippen molar-refractivity contribution in [3.05, 3.63) is 88.6 Å². The molecule has 0 aliphatic rings. The summed E-state index contributed by atoms with van der Waals surface area (Å²) in [6.45, 7) is 1.85. The van der Waals surface area contributed by atoms with Gasteiger partial charge in [-0.15, -0.1) is 0 Å². The van der Waals surface area contributed by atoms with E-state index in [0.29, 0.717) is 33.3 Å². The number of benzene rings is 3. The minimum Gasteiger partial charge on any atom is -0.495 e. The van der Waals surface area contributed by atoms with Gasteiger partial charge in [0.1, 0.15) is 11.3 Å². The lowest BCUT2D eigenvalue weighted by molar-refractivity contribution is 0.0975. The van der Waals surface area contributed by atoms with Crippen LogP contribution in [-0.2, 0) is 0 Å². The van der Waals surface area contributed by atoms with Gasteiger partial charge in [-0.25, -0.2) is 0 Å². The van der Waals surface area contributed by atoms with Gasteiger partial charge in [-0.3, -0.25) is 14.9 Å². The van der Waals surface area contributed by atoms with E-state index in [1.165, 1.54) is 13.2 Å². The normalized spacial score (nSPS) is 10.6. The molecule has 3 N–H and O–H groups in total. The molecule has 0 atom stereocenters. The van der Waals surface area contributed by atoms with Crippen LogP contribution in [0.25, 0.3) is 11.0 Å². The first-order chi connectivity index (χ1) is 16.3. The highest BCUT2D eigenvalue weighted by Gasteiger charge is 2.14. The molecule has 4 aromatic rings. The monoisotopic (exact) mass is 493 g/mol. The summed E-state index contributed by atoms with van der Waals surface area (Å²) in [7, 11) is 1.50. The number of hydrogen-bond donors (Lipinski definition) is 3. The number of methoxy groups -OCH3 is 1. The maximum absolute atomic E-state index is 12.6. The lowest BCUT2D eigenvalue weighted by atomic mass is 10.1. The van der Waals surface area contributed by atoms with Gasteiger partial charge in [0.05, 0.1) is 12.1 Å². The van der Waals surface area contributed by atoms with E-state index in [9.17, 15) is 9.59 Å². The van der Waals surface area contributed by atoms with Gasteiger partial charge in [0.25, 0.3) is 11.8 Å². The molecule has 1 aromatic heterocycles. The van der Waals surface area contributed by atoms with E-state index < -0.39 is 5.91 Å². The molecule has 3 aromatic carbocycles. The third-order valence-corrected chi connectivity index (χ3v) is 5.52. The molecular weight excluding hydrogens is 474 g/mol. The third kappa shape index (κ3) is 5.19. The van der Waals surface area contributed by atoms with Gasteiger partial charge in [-0.2, -0.15) is 0 Å². The smallest absolute Gasteiger partial charge is 0.291 e. The SMILES string of the molecule is COc1ccc(C(=O)NC(=S)Nc2ccc(NC(=O)c3cc4ccccc4o3)c(C)c2)cc1Cl. The average molecular weight is 494 g/mol. The molecule has 0 fully saturated rings. The molecule has 0 aliphatic heterocycles. The number of furan rings is 1. The molecule has 1 heterocycles. The maximum atomic E-state index is 12.6. The molecule has 0 radical (unpaired) electrons. The number of anilines is 2. The summed E-state index contributed by atoms with van der Waals surface area (Å²) < 4.78 is 10.7. The summed E-state index contributed by atoms with van der Waals surface area (Å²) >= 11 is 11.3. The number of carbonyl (C=O) groups excluding carboxylic acids is 2. The van der Waals surface area contributed by atoms with Gasteiger partial charge >= 0.3 is 0 Å². The molecule has 9 heteroatoms.